The second kappa shape index (κ2) is 18.1. The second-order valence-corrected chi connectivity index (χ2v) is 11.7. The summed E-state index contributed by atoms with van der Waals surface area (Å²) in [4.78, 5) is 24.6. The van der Waals surface area contributed by atoms with Gasteiger partial charge in [-0.25, -0.2) is 9.59 Å². The van der Waals surface area contributed by atoms with Gasteiger partial charge < -0.3 is 19.7 Å². The number of benzene rings is 1. The standard InChI is InChI=1S/C34H52O6/c1-5-7-9-10-28-11-15-30(16-12-28)31-17-13-29(14-18-31)19-21-34(20-8-6-2,24-39-32(37)26(3)22-35)25-40-33(38)27(4)23-36/h13-14,17-18,28,30,35-36H,3-12,15-16,19-25H2,1-2H3. The van der Waals surface area contributed by atoms with Gasteiger partial charge in [-0.1, -0.05) is 89.8 Å². The van der Waals surface area contributed by atoms with Crippen molar-refractivity contribution in [2.24, 2.45) is 11.3 Å². The third-order valence-electron chi connectivity index (χ3n) is 8.50. The lowest BCUT2D eigenvalue weighted by Crippen LogP contribution is -2.36. The van der Waals surface area contributed by atoms with E-state index >= 15 is 0 Å². The number of hydrogen-bond acceptors (Lipinski definition) is 6. The molecule has 0 radical (unpaired) electrons. The molecule has 0 saturated heterocycles. The van der Waals surface area contributed by atoms with E-state index in [-0.39, 0.29) is 24.4 Å². The SMILES string of the molecule is C=C(CO)C(=O)OCC(CCCC)(CCc1ccc(C2CCC(CCCCC)CC2)cc1)COC(=O)C(=C)CO. The van der Waals surface area contributed by atoms with E-state index in [0.717, 1.165) is 25.2 Å². The lowest BCUT2D eigenvalue weighted by molar-refractivity contribution is -0.150. The molecule has 1 aliphatic carbocycles. The Kier molecular flexibility index (Phi) is 15.3. The van der Waals surface area contributed by atoms with Crippen LogP contribution in [-0.4, -0.2) is 48.6 Å². The maximum absolute atomic E-state index is 12.3. The number of carbonyl (C=O) groups is 2. The number of hydrogen-bond donors (Lipinski definition) is 2. The van der Waals surface area contributed by atoms with Crippen molar-refractivity contribution in [3.05, 3.63) is 59.7 Å². The minimum Gasteiger partial charge on any atom is -0.462 e. The monoisotopic (exact) mass is 556 g/mol. The van der Waals surface area contributed by atoms with Gasteiger partial charge in [0.2, 0.25) is 0 Å². The van der Waals surface area contributed by atoms with Gasteiger partial charge in [-0.15, -0.1) is 0 Å². The Morgan fingerprint density at radius 2 is 1.38 bits per heavy atom. The summed E-state index contributed by atoms with van der Waals surface area (Å²) >= 11 is 0. The Labute approximate surface area is 241 Å². The highest BCUT2D eigenvalue weighted by Gasteiger charge is 2.34. The van der Waals surface area contributed by atoms with Crippen LogP contribution >= 0.6 is 0 Å². The molecule has 1 aromatic rings. The Morgan fingerprint density at radius 1 is 0.825 bits per heavy atom. The summed E-state index contributed by atoms with van der Waals surface area (Å²) in [7, 11) is 0. The minimum absolute atomic E-state index is 0.0133. The van der Waals surface area contributed by atoms with Gasteiger partial charge in [-0.05, 0) is 67.9 Å². The van der Waals surface area contributed by atoms with Gasteiger partial charge >= 0.3 is 11.9 Å². The molecule has 224 valence electrons. The number of rotatable bonds is 19. The zero-order chi connectivity index (χ0) is 29.4. The predicted octanol–water partition coefficient (Wildman–Crippen LogP) is 6.83. The van der Waals surface area contributed by atoms with Gasteiger partial charge in [0, 0.05) is 5.41 Å². The van der Waals surface area contributed by atoms with Crippen LogP contribution in [0.2, 0.25) is 0 Å². The van der Waals surface area contributed by atoms with Crippen molar-refractivity contribution >= 4 is 11.9 Å². The van der Waals surface area contributed by atoms with Crippen LogP contribution in [0, 0.1) is 11.3 Å². The number of aliphatic hydroxyl groups is 2. The van der Waals surface area contributed by atoms with Crippen LogP contribution in [0.4, 0.5) is 0 Å². The van der Waals surface area contributed by atoms with Crippen LogP contribution in [0.5, 0.6) is 0 Å². The third kappa shape index (κ3) is 11.2. The highest BCUT2D eigenvalue weighted by molar-refractivity contribution is 5.88. The van der Waals surface area contributed by atoms with Crippen molar-refractivity contribution in [1.82, 2.24) is 0 Å². The highest BCUT2D eigenvalue weighted by atomic mass is 16.5. The molecular formula is C34H52O6. The zero-order valence-corrected chi connectivity index (χ0v) is 24.9. The van der Waals surface area contributed by atoms with Crippen LogP contribution in [0.3, 0.4) is 0 Å². The molecular weight excluding hydrogens is 504 g/mol. The molecule has 2 N–H and O–H groups in total. The van der Waals surface area contributed by atoms with Gasteiger partial charge in [0.1, 0.15) is 13.2 Å². The van der Waals surface area contributed by atoms with Gasteiger partial charge in [0.25, 0.3) is 0 Å². The molecule has 0 atom stereocenters. The average molecular weight is 557 g/mol. The quantitative estimate of drug-likeness (QED) is 0.110. The Hall–Kier alpha value is -2.44. The largest absolute Gasteiger partial charge is 0.462 e. The van der Waals surface area contributed by atoms with Crippen LogP contribution < -0.4 is 0 Å². The predicted molar refractivity (Wildman–Crippen MR) is 160 cm³/mol. The number of aliphatic hydroxyl groups excluding tert-OH is 2. The zero-order valence-electron chi connectivity index (χ0n) is 24.9. The fraction of sp³-hybridized carbons (Fsp3) is 0.647. The number of esters is 2. The summed E-state index contributed by atoms with van der Waals surface area (Å²) in [5.41, 5.74) is 1.97. The van der Waals surface area contributed by atoms with Gasteiger partial charge in [0.05, 0.1) is 24.4 Å². The molecule has 6 nitrogen and oxygen atoms in total. The van der Waals surface area contributed by atoms with Crippen molar-refractivity contribution in [2.75, 3.05) is 26.4 Å². The second-order valence-electron chi connectivity index (χ2n) is 11.7. The van der Waals surface area contributed by atoms with Crippen molar-refractivity contribution < 1.29 is 29.3 Å². The van der Waals surface area contributed by atoms with Crippen molar-refractivity contribution in [3.63, 3.8) is 0 Å². The molecule has 40 heavy (non-hydrogen) atoms. The van der Waals surface area contributed by atoms with Crippen LogP contribution in [0.25, 0.3) is 0 Å². The maximum Gasteiger partial charge on any atom is 0.335 e. The van der Waals surface area contributed by atoms with Crippen molar-refractivity contribution in [2.45, 2.75) is 103 Å². The van der Waals surface area contributed by atoms with E-state index in [4.69, 9.17) is 9.47 Å². The van der Waals surface area contributed by atoms with E-state index in [1.54, 1.807) is 0 Å². The van der Waals surface area contributed by atoms with Crippen molar-refractivity contribution in [3.8, 4) is 0 Å². The molecule has 0 aromatic heterocycles. The molecule has 0 heterocycles. The average Bonchev–Trinajstić information content (AvgIpc) is 2.99. The van der Waals surface area contributed by atoms with Crippen LogP contribution in [-0.2, 0) is 25.5 Å². The molecule has 1 fully saturated rings. The topological polar surface area (TPSA) is 93.1 Å². The fourth-order valence-electron chi connectivity index (χ4n) is 5.61. The molecule has 0 unspecified atom stereocenters. The summed E-state index contributed by atoms with van der Waals surface area (Å²) < 4.78 is 11.1. The van der Waals surface area contributed by atoms with E-state index in [2.05, 4.69) is 51.3 Å². The fourth-order valence-corrected chi connectivity index (χ4v) is 5.61. The van der Waals surface area contributed by atoms with E-state index in [1.807, 2.05) is 0 Å². The first-order chi connectivity index (χ1) is 19.3. The van der Waals surface area contributed by atoms with Crippen LogP contribution in [0.1, 0.15) is 108 Å². The summed E-state index contributed by atoms with van der Waals surface area (Å²) in [6, 6.07) is 8.93. The first-order valence-corrected chi connectivity index (χ1v) is 15.3. The molecule has 2 rings (SSSR count). The molecule has 1 saturated carbocycles. The number of unbranched alkanes of at least 4 members (excludes halogenated alkanes) is 3. The number of aryl methyl sites for hydroxylation is 1. The number of ether oxygens (including phenoxy) is 2. The summed E-state index contributed by atoms with van der Waals surface area (Å²) in [6.45, 7) is 10.6. The molecule has 6 heteroatoms. The molecule has 0 aliphatic heterocycles. The lowest BCUT2D eigenvalue weighted by Gasteiger charge is -2.33. The van der Waals surface area contributed by atoms with E-state index in [0.29, 0.717) is 18.8 Å². The Morgan fingerprint density at radius 3 is 1.88 bits per heavy atom. The molecule has 1 aliphatic rings. The Bertz CT molecular complexity index is 894. The van der Waals surface area contributed by atoms with Gasteiger partial charge in [0.15, 0.2) is 0 Å². The molecule has 1 aromatic carbocycles. The van der Waals surface area contributed by atoms with Gasteiger partial charge in [-0.2, -0.15) is 0 Å². The summed E-state index contributed by atoms with van der Waals surface area (Å²) in [5, 5.41) is 18.5. The van der Waals surface area contributed by atoms with Crippen LogP contribution in [0.15, 0.2) is 48.6 Å². The van der Waals surface area contributed by atoms with E-state index in [9.17, 15) is 19.8 Å². The third-order valence-corrected chi connectivity index (χ3v) is 8.50. The van der Waals surface area contributed by atoms with Gasteiger partial charge in [-0.3, -0.25) is 0 Å². The molecule has 0 spiro atoms. The smallest absolute Gasteiger partial charge is 0.335 e. The van der Waals surface area contributed by atoms with E-state index in [1.165, 1.54) is 62.5 Å². The summed E-state index contributed by atoms with van der Waals surface area (Å²) in [6.07, 6.45) is 14.5. The number of carbonyl (C=O) groups excluding carboxylic acids is 2. The van der Waals surface area contributed by atoms with Crippen molar-refractivity contribution in [1.29, 1.82) is 0 Å². The first kappa shape index (κ1) is 33.8. The van der Waals surface area contributed by atoms with E-state index < -0.39 is 30.6 Å². The molecule has 0 bridgehead atoms. The summed E-state index contributed by atoms with van der Waals surface area (Å²) in [5.74, 6) is 0.224. The normalized spacial score (nSPS) is 17.3. The lowest BCUT2D eigenvalue weighted by atomic mass is 9.76. The Balaban J connectivity index is 2.07. The minimum atomic E-state index is -0.654. The highest BCUT2D eigenvalue weighted by Crippen LogP contribution is 2.38. The maximum atomic E-state index is 12.3. The first-order valence-electron chi connectivity index (χ1n) is 15.3. The molecule has 0 amide bonds.